The van der Waals surface area contributed by atoms with E-state index < -0.39 is 11.5 Å². The monoisotopic (exact) mass is 141 g/mol. The fourth-order valence-corrected chi connectivity index (χ4v) is 2.09. The maximum absolute atomic E-state index is 10.7. The van der Waals surface area contributed by atoms with Gasteiger partial charge >= 0.3 is 5.97 Å². The van der Waals surface area contributed by atoms with Crippen LogP contribution in [0.5, 0.6) is 0 Å². The SMILES string of the molecule is O=C(O)C12CCC1CCN2. The fourth-order valence-electron chi connectivity index (χ4n) is 2.09. The van der Waals surface area contributed by atoms with Crippen LogP contribution in [0.25, 0.3) is 0 Å². The predicted octanol–water partition coefficient (Wildman–Crippen LogP) is 0.213. The zero-order valence-electron chi connectivity index (χ0n) is 5.76. The Balaban J connectivity index is 2.21. The number of aliphatic carboxylic acids is 1. The molecule has 2 fully saturated rings. The highest BCUT2D eigenvalue weighted by Crippen LogP contribution is 2.44. The largest absolute Gasteiger partial charge is 0.480 e. The van der Waals surface area contributed by atoms with Crippen molar-refractivity contribution in [2.45, 2.75) is 24.8 Å². The van der Waals surface area contributed by atoms with E-state index in [1.807, 2.05) is 0 Å². The third-order valence-corrected chi connectivity index (χ3v) is 2.90. The van der Waals surface area contributed by atoms with Crippen molar-refractivity contribution >= 4 is 5.97 Å². The molecule has 2 N–H and O–H groups in total. The van der Waals surface area contributed by atoms with Crippen molar-refractivity contribution in [3.8, 4) is 0 Å². The van der Waals surface area contributed by atoms with E-state index in [2.05, 4.69) is 5.32 Å². The number of nitrogens with one attached hydrogen (secondary N) is 1. The van der Waals surface area contributed by atoms with Gasteiger partial charge in [0.05, 0.1) is 0 Å². The van der Waals surface area contributed by atoms with Crippen LogP contribution in [0.3, 0.4) is 0 Å². The van der Waals surface area contributed by atoms with E-state index in [0.29, 0.717) is 5.92 Å². The van der Waals surface area contributed by atoms with Gasteiger partial charge in [-0.05, 0) is 31.7 Å². The van der Waals surface area contributed by atoms with Gasteiger partial charge in [0.2, 0.25) is 0 Å². The average molecular weight is 141 g/mol. The van der Waals surface area contributed by atoms with Crippen LogP contribution in [-0.2, 0) is 4.79 Å². The van der Waals surface area contributed by atoms with E-state index in [9.17, 15) is 4.79 Å². The van der Waals surface area contributed by atoms with Gasteiger partial charge in [-0.2, -0.15) is 0 Å². The molecule has 0 radical (unpaired) electrons. The lowest BCUT2D eigenvalue weighted by atomic mass is 9.68. The smallest absolute Gasteiger partial charge is 0.324 e. The Morgan fingerprint density at radius 3 is 2.70 bits per heavy atom. The summed E-state index contributed by atoms with van der Waals surface area (Å²) in [7, 11) is 0. The van der Waals surface area contributed by atoms with Crippen LogP contribution in [0.1, 0.15) is 19.3 Å². The van der Waals surface area contributed by atoms with Gasteiger partial charge in [-0.3, -0.25) is 4.79 Å². The van der Waals surface area contributed by atoms with Crippen molar-refractivity contribution < 1.29 is 9.90 Å². The summed E-state index contributed by atoms with van der Waals surface area (Å²) in [6, 6.07) is 0. The average Bonchev–Trinajstić information content (AvgIpc) is 2.09. The van der Waals surface area contributed by atoms with E-state index >= 15 is 0 Å². The first kappa shape index (κ1) is 6.16. The molecular formula is C7H11NO2. The molecule has 10 heavy (non-hydrogen) atoms. The van der Waals surface area contributed by atoms with Crippen molar-refractivity contribution in [1.29, 1.82) is 0 Å². The van der Waals surface area contributed by atoms with Crippen molar-refractivity contribution in [3.63, 3.8) is 0 Å². The molecule has 0 aromatic rings. The minimum Gasteiger partial charge on any atom is -0.480 e. The van der Waals surface area contributed by atoms with Crippen LogP contribution in [0.15, 0.2) is 0 Å². The first-order valence-corrected chi connectivity index (χ1v) is 3.74. The quantitative estimate of drug-likeness (QED) is 0.549. The molecule has 0 aromatic heterocycles. The molecule has 56 valence electrons. The highest BCUT2D eigenvalue weighted by atomic mass is 16.4. The zero-order valence-corrected chi connectivity index (χ0v) is 5.76. The molecule has 1 heterocycles. The lowest BCUT2D eigenvalue weighted by Gasteiger charge is -2.40. The molecule has 2 unspecified atom stereocenters. The molecule has 2 aliphatic rings. The molecule has 1 aliphatic heterocycles. The lowest BCUT2D eigenvalue weighted by Crippen LogP contribution is -2.58. The van der Waals surface area contributed by atoms with Crippen molar-refractivity contribution in [2.24, 2.45) is 5.92 Å². The highest BCUT2D eigenvalue weighted by Gasteiger charge is 2.55. The molecule has 1 saturated carbocycles. The minimum absolute atomic E-state index is 0.421. The Morgan fingerprint density at radius 1 is 1.60 bits per heavy atom. The summed E-state index contributed by atoms with van der Waals surface area (Å²) in [5, 5.41) is 11.9. The third-order valence-electron chi connectivity index (χ3n) is 2.90. The van der Waals surface area contributed by atoms with Crippen molar-refractivity contribution in [2.75, 3.05) is 6.54 Å². The molecule has 3 heteroatoms. The second-order valence-corrected chi connectivity index (χ2v) is 3.23. The van der Waals surface area contributed by atoms with Crippen LogP contribution >= 0.6 is 0 Å². The van der Waals surface area contributed by atoms with Crippen LogP contribution in [0.2, 0.25) is 0 Å². The Morgan fingerprint density at radius 2 is 2.40 bits per heavy atom. The Bertz CT molecular complexity index is 180. The highest BCUT2D eigenvalue weighted by molar-refractivity contribution is 5.81. The normalized spacial score (nSPS) is 44.2. The van der Waals surface area contributed by atoms with E-state index in [1.54, 1.807) is 0 Å². The van der Waals surface area contributed by atoms with Gasteiger partial charge in [0.1, 0.15) is 5.54 Å². The second-order valence-electron chi connectivity index (χ2n) is 3.23. The van der Waals surface area contributed by atoms with E-state index in [4.69, 9.17) is 5.11 Å². The summed E-state index contributed by atoms with van der Waals surface area (Å²) >= 11 is 0. The van der Waals surface area contributed by atoms with Gasteiger partial charge in [-0.15, -0.1) is 0 Å². The molecule has 1 aliphatic carbocycles. The van der Waals surface area contributed by atoms with Gasteiger partial charge in [-0.1, -0.05) is 0 Å². The lowest BCUT2D eigenvalue weighted by molar-refractivity contribution is -0.150. The predicted molar refractivity (Wildman–Crippen MR) is 35.7 cm³/mol. The molecule has 2 rings (SSSR count). The number of rotatable bonds is 1. The minimum atomic E-state index is -0.652. The number of hydrogen-bond donors (Lipinski definition) is 2. The number of carboxylic acid groups (broad SMARTS) is 1. The van der Waals surface area contributed by atoms with Crippen LogP contribution in [0.4, 0.5) is 0 Å². The fraction of sp³-hybridized carbons (Fsp3) is 0.857. The van der Waals surface area contributed by atoms with Gasteiger partial charge in [-0.25, -0.2) is 0 Å². The Hall–Kier alpha value is -0.570. The molecule has 0 spiro atoms. The van der Waals surface area contributed by atoms with Gasteiger partial charge in [0.15, 0.2) is 0 Å². The van der Waals surface area contributed by atoms with Gasteiger partial charge in [0, 0.05) is 0 Å². The molecule has 2 atom stereocenters. The summed E-state index contributed by atoms with van der Waals surface area (Å²) in [5.74, 6) is -0.230. The number of carbonyl (C=O) groups is 1. The standard InChI is InChI=1S/C7H11NO2/c9-6(10)7-3-1-5(7)2-4-8-7/h5,8H,1-4H2,(H,9,10). The molecule has 0 bridgehead atoms. The third kappa shape index (κ3) is 0.515. The Labute approximate surface area is 59.4 Å². The second kappa shape index (κ2) is 1.72. The van der Waals surface area contributed by atoms with Crippen molar-refractivity contribution in [1.82, 2.24) is 5.32 Å². The van der Waals surface area contributed by atoms with E-state index in [1.165, 1.54) is 0 Å². The zero-order chi connectivity index (χ0) is 7.19. The summed E-state index contributed by atoms with van der Waals surface area (Å²) in [6.45, 7) is 0.886. The molecule has 1 saturated heterocycles. The van der Waals surface area contributed by atoms with E-state index in [-0.39, 0.29) is 0 Å². The van der Waals surface area contributed by atoms with Gasteiger partial charge < -0.3 is 10.4 Å². The van der Waals surface area contributed by atoms with Crippen LogP contribution in [0, 0.1) is 5.92 Å². The Kier molecular flexibility index (Phi) is 1.06. The summed E-state index contributed by atoms with van der Waals surface area (Å²) in [5.41, 5.74) is -0.500. The first-order chi connectivity index (χ1) is 4.76. The maximum atomic E-state index is 10.7. The summed E-state index contributed by atoms with van der Waals surface area (Å²) in [6.07, 6.45) is 2.97. The topological polar surface area (TPSA) is 49.3 Å². The summed E-state index contributed by atoms with van der Waals surface area (Å²) in [4.78, 5) is 10.7. The molecule has 0 amide bonds. The number of fused-ring (bicyclic) bond motifs is 1. The molecule has 3 nitrogen and oxygen atoms in total. The maximum Gasteiger partial charge on any atom is 0.324 e. The number of carboxylic acids is 1. The first-order valence-electron chi connectivity index (χ1n) is 3.74. The molecular weight excluding hydrogens is 130 g/mol. The number of hydrogen-bond acceptors (Lipinski definition) is 2. The van der Waals surface area contributed by atoms with E-state index in [0.717, 1.165) is 25.8 Å². The molecule has 0 aromatic carbocycles. The van der Waals surface area contributed by atoms with Crippen molar-refractivity contribution in [3.05, 3.63) is 0 Å². The van der Waals surface area contributed by atoms with Crippen LogP contribution < -0.4 is 5.32 Å². The van der Waals surface area contributed by atoms with Crippen LogP contribution in [-0.4, -0.2) is 23.2 Å². The summed E-state index contributed by atoms with van der Waals surface area (Å²) < 4.78 is 0. The van der Waals surface area contributed by atoms with Gasteiger partial charge in [0.25, 0.3) is 0 Å².